The smallest absolute Gasteiger partial charge is 0.356 e. The summed E-state index contributed by atoms with van der Waals surface area (Å²) in [5.41, 5.74) is -0.298. The van der Waals surface area contributed by atoms with Crippen LogP contribution in [0.2, 0.25) is 0 Å². The number of methoxy groups -OCH3 is 1. The Hall–Kier alpha value is -0.0600. The monoisotopic (exact) mass is 439 g/mol. The van der Waals surface area contributed by atoms with Gasteiger partial charge in [0.05, 0.1) is 10.7 Å². The Morgan fingerprint density at radius 3 is 2.60 bits per heavy atom. The molecule has 1 aromatic rings. The van der Waals surface area contributed by atoms with Gasteiger partial charge in [0, 0.05) is 5.56 Å². The molecule has 0 bridgehead atoms. The quantitative estimate of drug-likeness (QED) is 0.405. The van der Waals surface area contributed by atoms with E-state index in [0.29, 0.717) is 7.27 Å². The number of aromatic nitrogens is 1. The third-order valence-corrected chi connectivity index (χ3v) is 4.52. The zero-order valence-electron chi connectivity index (χ0n) is 7.43. The summed E-state index contributed by atoms with van der Waals surface area (Å²) in [4.78, 5) is 15.0. The first kappa shape index (κ1) is 13.0. The van der Waals surface area contributed by atoms with Crippen molar-refractivity contribution >= 4 is 51.2 Å². The van der Waals surface area contributed by atoms with Crippen molar-refractivity contribution in [2.45, 2.75) is 6.43 Å². The lowest BCUT2D eigenvalue weighted by molar-refractivity contribution is 0.0593. The fourth-order valence-corrected chi connectivity index (χ4v) is 1.97. The second-order valence-electron chi connectivity index (χ2n) is 2.49. The summed E-state index contributed by atoms with van der Waals surface area (Å²) >= 11 is 3.57. The van der Waals surface area contributed by atoms with E-state index in [-0.39, 0.29) is 11.3 Å². The molecule has 0 aliphatic heterocycles. The van der Waals surface area contributed by atoms with E-state index in [4.69, 9.17) is 0 Å². The van der Waals surface area contributed by atoms with Crippen LogP contribution >= 0.6 is 45.2 Å². The van der Waals surface area contributed by atoms with Crippen LogP contribution < -0.4 is 0 Å². The molecule has 0 N–H and O–H groups in total. The van der Waals surface area contributed by atoms with Crippen molar-refractivity contribution < 1.29 is 18.3 Å². The summed E-state index contributed by atoms with van der Waals surface area (Å²) in [6, 6.07) is 1.06. The summed E-state index contributed by atoms with van der Waals surface area (Å²) in [6.07, 6.45) is -2.63. The molecule has 0 spiro atoms. The molecule has 0 aromatic carbocycles. The van der Waals surface area contributed by atoms with E-state index in [2.05, 4.69) is 9.72 Å². The molecule has 0 atom stereocenters. The summed E-state index contributed by atoms with van der Waals surface area (Å²) in [5.74, 6) is -0.716. The van der Waals surface area contributed by atoms with Crippen LogP contribution in [0.15, 0.2) is 6.07 Å². The molecule has 1 rings (SSSR count). The number of nitrogens with zero attached hydrogens (tertiary/aromatic N) is 1. The molecule has 82 valence electrons. The first-order valence-corrected chi connectivity index (χ1v) is 5.85. The van der Waals surface area contributed by atoms with Crippen LogP contribution in [-0.4, -0.2) is 18.1 Å². The first-order chi connectivity index (χ1) is 6.97. The number of hydrogen-bond donors (Lipinski definition) is 0. The minimum atomic E-state index is -2.63. The van der Waals surface area contributed by atoms with E-state index in [1.54, 1.807) is 45.2 Å². The molecule has 1 heterocycles. The Labute approximate surface area is 112 Å². The van der Waals surface area contributed by atoms with Crippen LogP contribution in [0.4, 0.5) is 8.78 Å². The molecular weight excluding hydrogens is 434 g/mol. The minimum absolute atomic E-state index is 0.0994. The molecule has 0 aliphatic carbocycles. The maximum absolute atomic E-state index is 12.6. The van der Waals surface area contributed by atoms with E-state index in [1.807, 2.05) is 0 Å². The second-order valence-corrected chi connectivity index (χ2v) is 4.59. The Morgan fingerprint density at radius 1 is 1.53 bits per heavy atom. The number of esters is 1. The number of alkyl halides is 2. The van der Waals surface area contributed by atoms with Crippen LogP contribution in [0.1, 0.15) is 22.5 Å². The van der Waals surface area contributed by atoms with Crippen LogP contribution in [0, 0.1) is 7.27 Å². The average Bonchev–Trinajstić information content (AvgIpc) is 2.20. The van der Waals surface area contributed by atoms with Gasteiger partial charge in [0.25, 0.3) is 6.43 Å². The average molecular weight is 439 g/mol. The maximum Gasteiger partial charge on any atom is 0.356 e. The highest BCUT2D eigenvalue weighted by Gasteiger charge is 2.19. The zero-order chi connectivity index (χ0) is 11.6. The van der Waals surface area contributed by atoms with Gasteiger partial charge in [-0.15, -0.1) is 0 Å². The van der Waals surface area contributed by atoms with Crippen LogP contribution in [0.5, 0.6) is 0 Å². The highest BCUT2D eigenvalue weighted by Crippen LogP contribution is 2.27. The van der Waals surface area contributed by atoms with E-state index in [0.717, 1.165) is 6.07 Å². The minimum Gasteiger partial charge on any atom is -0.464 e. The molecule has 15 heavy (non-hydrogen) atoms. The van der Waals surface area contributed by atoms with E-state index < -0.39 is 12.4 Å². The third-order valence-electron chi connectivity index (χ3n) is 1.58. The van der Waals surface area contributed by atoms with Gasteiger partial charge >= 0.3 is 5.97 Å². The molecule has 3 nitrogen and oxygen atoms in total. The molecule has 0 unspecified atom stereocenters. The summed E-state index contributed by atoms with van der Waals surface area (Å²) < 4.78 is 30.3. The Bertz CT molecular complexity index is 398. The molecular formula is C8H5F2I2NO2. The molecule has 0 aliphatic rings. The number of hydrogen-bond acceptors (Lipinski definition) is 3. The van der Waals surface area contributed by atoms with Crippen molar-refractivity contribution in [3.63, 3.8) is 0 Å². The number of halogens is 4. The van der Waals surface area contributed by atoms with Gasteiger partial charge < -0.3 is 4.74 Å². The largest absolute Gasteiger partial charge is 0.464 e. The molecule has 1 aromatic heterocycles. The Morgan fingerprint density at radius 2 is 2.13 bits per heavy atom. The van der Waals surface area contributed by atoms with Gasteiger partial charge in [-0.3, -0.25) is 0 Å². The lowest BCUT2D eigenvalue weighted by Gasteiger charge is -2.07. The van der Waals surface area contributed by atoms with Crippen molar-refractivity contribution in [3.05, 3.63) is 24.6 Å². The van der Waals surface area contributed by atoms with Gasteiger partial charge in [0.1, 0.15) is 9.39 Å². The Kier molecular flexibility index (Phi) is 4.62. The van der Waals surface area contributed by atoms with E-state index in [9.17, 15) is 13.6 Å². The highest BCUT2D eigenvalue weighted by molar-refractivity contribution is 14.1. The fraction of sp³-hybridized carbons (Fsp3) is 0.250. The molecule has 7 heteroatoms. The Balaban J connectivity index is 3.29. The fourth-order valence-electron chi connectivity index (χ4n) is 0.885. The van der Waals surface area contributed by atoms with Crippen molar-refractivity contribution in [2.75, 3.05) is 7.11 Å². The number of rotatable bonds is 2. The van der Waals surface area contributed by atoms with Gasteiger partial charge in [-0.25, -0.2) is 18.6 Å². The topological polar surface area (TPSA) is 39.2 Å². The van der Waals surface area contributed by atoms with Gasteiger partial charge in [-0.2, -0.15) is 0 Å². The third kappa shape index (κ3) is 2.95. The van der Waals surface area contributed by atoms with Crippen LogP contribution in [-0.2, 0) is 4.74 Å². The molecule has 0 saturated heterocycles. The van der Waals surface area contributed by atoms with Gasteiger partial charge in [0.15, 0.2) is 0 Å². The molecule has 0 radical (unpaired) electrons. The molecule has 0 amide bonds. The van der Waals surface area contributed by atoms with Crippen molar-refractivity contribution in [1.82, 2.24) is 4.98 Å². The number of ether oxygens (including phenoxy) is 1. The molecule has 0 fully saturated rings. The van der Waals surface area contributed by atoms with E-state index in [1.165, 1.54) is 7.11 Å². The second kappa shape index (κ2) is 5.32. The van der Waals surface area contributed by atoms with Gasteiger partial charge in [-0.1, -0.05) is 0 Å². The summed E-state index contributed by atoms with van der Waals surface area (Å²) in [7, 11) is 1.18. The maximum atomic E-state index is 12.6. The lowest BCUT2D eigenvalue weighted by atomic mass is 10.2. The highest BCUT2D eigenvalue weighted by atomic mass is 127. The number of pyridine rings is 1. The van der Waals surface area contributed by atoms with Crippen LogP contribution in [0.25, 0.3) is 0 Å². The van der Waals surface area contributed by atoms with Crippen molar-refractivity contribution in [2.24, 2.45) is 0 Å². The normalized spacial score (nSPS) is 10.5. The zero-order valence-corrected chi connectivity index (χ0v) is 11.7. The van der Waals surface area contributed by atoms with Gasteiger partial charge in [0.2, 0.25) is 0 Å². The first-order valence-electron chi connectivity index (χ1n) is 3.69. The number of carbonyl (C=O) groups excluding carboxylic acids is 1. The summed E-state index contributed by atoms with van der Waals surface area (Å²) in [5, 5.41) is 0. The SMILES string of the molecule is COC(=O)c1cc(C(F)F)c(I)c(I)n1. The number of carbonyl (C=O) groups is 1. The molecule has 0 saturated carbocycles. The summed E-state index contributed by atoms with van der Waals surface area (Å²) in [6.45, 7) is 0. The van der Waals surface area contributed by atoms with Crippen molar-refractivity contribution in [1.29, 1.82) is 0 Å². The predicted molar refractivity (Wildman–Crippen MR) is 66.0 cm³/mol. The van der Waals surface area contributed by atoms with Crippen molar-refractivity contribution in [3.8, 4) is 0 Å². The van der Waals surface area contributed by atoms with Gasteiger partial charge in [-0.05, 0) is 51.2 Å². The lowest BCUT2D eigenvalue weighted by Crippen LogP contribution is -2.08. The van der Waals surface area contributed by atoms with E-state index >= 15 is 0 Å². The van der Waals surface area contributed by atoms with Crippen LogP contribution in [0.3, 0.4) is 0 Å². The standard InChI is InChI=1S/C8H5F2I2NO2/c1-15-8(14)4-2-3(6(9)10)5(11)7(12)13-4/h2,6H,1H3. The predicted octanol–water partition coefficient (Wildman–Crippen LogP) is 3.02.